The number of rotatable bonds is 4. The third kappa shape index (κ3) is 4.84. The first-order chi connectivity index (χ1) is 9.94. The third-order valence-corrected chi connectivity index (χ3v) is 3.51. The summed E-state index contributed by atoms with van der Waals surface area (Å²) < 4.78 is 0.779. The predicted octanol–water partition coefficient (Wildman–Crippen LogP) is 4.42. The Morgan fingerprint density at radius 3 is 2.43 bits per heavy atom. The average molecular weight is 368 g/mol. The number of nitrogens with zero attached hydrogens (tertiary/aromatic N) is 1. The molecule has 0 bridgehead atoms. The van der Waals surface area contributed by atoms with Crippen LogP contribution < -0.4 is 5.32 Å². The van der Waals surface area contributed by atoms with E-state index < -0.39 is 0 Å². The second-order valence-electron chi connectivity index (χ2n) is 5.05. The summed E-state index contributed by atoms with van der Waals surface area (Å²) in [7, 11) is 4.04. The number of hydrogen-bond acceptors (Lipinski definition) is 2. The van der Waals surface area contributed by atoms with E-state index in [1.54, 1.807) is 18.2 Å². The van der Waals surface area contributed by atoms with Crippen LogP contribution in [0.25, 0.3) is 0 Å². The van der Waals surface area contributed by atoms with E-state index in [0.717, 1.165) is 16.7 Å². The van der Waals surface area contributed by atoms with Crippen molar-refractivity contribution in [2.45, 2.75) is 6.54 Å². The van der Waals surface area contributed by atoms with E-state index in [2.05, 4.69) is 26.1 Å². The van der Waals surface area contributed by atoms with Crippen molar-refractivity contribution < 1.29 is 4.79 Å². The quantitative estimate of drug-likeness (QED) is 0.868. The lowest BCUT2D eigenvalue weighted by atomic mass is 10.1. The molecule has 1 N–H and O–H groups in total. The van der Waals surface area contributed by atoms with Crippen LogP contribution >= 0.6 is 27.5 Å². The fourth-order valence-electron chi connectivity index (χ4n) is 1.95. The zero-order valence-electron chi connectivity index (χ0n) is 11.9. The standard InChI is InChI=1S/C16H16BrClN2O/c1-20(2)10-11-3-5-15(6-4-11)19-16(21)12-7-13(17)9-14(18)8-12/h3-9H,10H2,1-2H3,(H,19,21). The molecule has 2 rings (SSSR count). The maximum absolute atomic E-state index is 12.2. The summed E-state index contributed by atoms with van der Waals surface area (Å²) in [5.74, 6) is -0.182. The minimum atomic E-state index is -0.182. The molecule has 0 fully saturated rings. The Bertz CT molecular complexity index is 621. The molecular weight excluding hydrogens is 352 g/mol. The van der Waals surface area contributed by atoms with Gasteiger partial charge in [0.15, 0.2) is 0 Å². The number of nitrogens with one attached hydrogen (secondary N) is 1. The molecule has 0 aromatic heterocycles. The summed E-state index contributed by atoms with van der Waals surface area (Å²) in [6.07, 6.45) is 0. The van der Waals surface area contributed by atoms with Gasteiger partial charge in [0.1, 0.15) is 0 Å². The normalized spacial score (nSPS) is 10.7. The summed E-state index contributed by atoms with van der Waals surface area (Å²) in [4.78, 5) is 14.3. The van der Waals surface area contributed by atoms with Crippen molar-refractivity contribution in [3.63, 3.8) is 0 Å². The average Bonchev–Trinajstić information content (AvgIpc) is 2.39. The van der Waals surface area contributed by atoms with Gasteiger partial charge in [-0.15, -0.1) is 0 Å². The van der Waals surface area contributed by atoms with Crippen LogP contribution in [-0.4, -0.2) is 24.9 Å². The van der Waals surface area contributed by atoms with E-state index in [9.17, 15) is 4.79 Å². The second kappa shape index (κ2) is 7.07. The van der Waals surface area contributed by atoms with E-state index in [0.29, 0.717) is 10.6 Å². The van der Waals surface area contributed by atoms with Gasteiger partial charge in [-0.1, -0.05) is 39.7 Å². The predicted molar refractivity (Wildman–Crippen MR) is 90.9 cm³/mol. The lowest BCUT2D eigenvalue weighted by Crippen LogP contribution is -2.13. The molecular formula is C16H16BrClN2O. The molecule has 0 aliphatic rings. The van der Waals surface area contributed by atoms with Gasteiger partial charge in [0.05, 0.1) is 0 Å². The van der Waals surface area contributed by atoms with Gasteiger partial charge in [-0.2, -0.15) is 0 Å². The van der Waals surface area contributed by atoms with E-state index in [1.165, 1.54) is 5.56 Å². The van der Waals surface area contributed by atoms with Crippen molar-refractivity contribution in [3.05, 3.63) is 63.1 Å². The van der Waals surface area contributed by atoms with E-state index >= 15 is 0 Å². The Kier molecular flexibility index (Phi) is 5.39. The Morgan fingerprint density at radius 2 is 1.86 bits per heavy atom. The van der Waals surface area contributed by atoms with Crippen LogP contribution in [0, 0.1) is 0 Å². The van der Waals surface area contributed by atoms with Gasteiger partial charge >= 0.3 is 0 Å². The zero-order valence-corrected chi connectivity index (χ0v) is 14.2. The number of benzene rings is 2. The summed E-state index contributed by atoms with van der Waals surface area (Å²) in [5, 5.41) is 3.39. The summed E-state index contributed by atoms with van der Waals surface area (Å²) in [6, 6.07) is 12.9. The van der Waals surface area contributed by atoms with Crippen LogP contribution in [0.3, 0.4) is 0 Å². The number of halogens is 2. The van der Waals surface area contributed by atoms with Gasteiger partial charge in [0, 0.05) is 27.3 Å². The minimum Gasteiger partial charge on any atom is -0.322 e. The zero-order chi connectivity index (χ0) is 15.4. The molecule has 2 aromatic carbocycles. The monoisotopic (exact) mass is 366 g/mol. The summed E-state index contributed by atoms with van der Waals surface area (Å²) in [5.41, 5.74) is 2.48. The topological polar surface area (TPSA) is 32.3 Å². The Morgan fingerprint density at radius 1 is 1.19 bits per heavy atom. The highest BCUT2D eigenvalue weighted by atomic mass is 79.9. The first kappa shape index (κ1) is 16.0. The Hall–Kier alpha value is -1.36. The molecule has 110 valence electrons. The lowest BCUT2D eigenvalue weighted by molar-refractivity contribution is 0.102. The first-order valence-electron chi connectivity index (χ1n) is 6.45. The molecule has 0 aliphatic carbocycles. The molecule has 0 saturated carbocycles. The van der Waals surface area contributed by atoms with E-state index in [-0.39, 0.29) is 5.91 Å². The van der Waals surface area contributed by atoms with Gasteiger partial charge in [0.2, 0.25) is 0 Å². The number of anilines is 1. The van der Waals surface area contributed by atoms with Crippen LogP contribution in [0.1, 0.15) is 15.9 Å². The van der Waals surface area contributed by atoms with Crippen LogP contribution in [-0.2, 0) is 6.54 Å². The molecule has 0 atom stereocenters. The van der Waals surface area contributed by atoms with Gasteiger partial charge in [-0.25, -0.2) is 0 Å². The van der Waals surface area contributed by atoms with Crippen molar-refractivity contribution >= 4 is 39.1 Å². The van der Waals surface area contributed by atoms with Crippen LogP contribution in [0.15, 0.2) is 46.9 Å². The number of carbonyl (C=O) groups is 1. The SMILES string of the molecule is CN(C)Cc1ccc(NC(=O)c2cc(Cl)cc(Br)c2)cc1. The van der Waals surface area contributed by atoms with Gasteiger partial charge in [0.25, 0.3) is 5.91 Å². The molecule has 3 nitrogen and oxygen atoms in total. The van der Waals surface area contributed by atoms with E-state index in [1.807, 2.05) is 38.4 Å². The van der Waals surface area contributed by atoms with E-state index in [4.69, 9.17) is 11.6 Å². The maximum Gasteiger partial charge on any atom is 0.255 e. The van der Waals surface area contributed by atoms with Crippen molar-refractivity contribution in [3.8, 4) is 0 Å². The number of amides is 1. The Balaban J connectivity index is 2.08. The molecule has 0 spiro atoms. The van der Waals surface area contributed by atoms with Gasteiger partial charge in [-0.3, -0.25) is 4.79 Å². The fourth-order valence-corrected chi connectivity index (χ4v) is 2.81. The van der Waals surface area contributed by atoms with Crippen molar-refractivity contribution in [2.75, 3.05) is 19.4 Å². The molecule has 0 aliphatic heterocycles. The highest BCUT2D eigenvalue weighted by molar-refractivity contribution is 9.10. The second-order valence-corrected chi connectivity index (χ2v) is 6.40. The number of hydrogen-bond donors (Lipinski definition) is 1. The Labute approximate surface area is 138 Å². The molecule has 0 unspecified atom stereocenters. The van der Waals surface area contributed by atoms with Gasteiger partial charge in [-0.05, 0) is 50.0 Å². The fraction of sp³-hybridized carbons (Fsp3) is 0.188. The first-order valence-corrected chi connectivity index (χ1v) is 7.62. The minimum absolute atomic E-state index is 0.182. The largest absolute Gasteiger partial charge is 0.322 e. The summed E-state index contributed by atoms with van der Waals surface area (Å²) in [6.45, 7) is 0.871. The molecule has 2 aromatic rings. The molecule has 21 heavy (non-hydrogen) atoms. The third-order valence-electron chi connectivity index (χ3n) is 2.84. The molecule has 5 heteroatoms. The molecule has 0 saturated heterocycles. The lowest BCUT2D eigenvalue weighted by Gasteiger charge is -2.11. The maximum atomic E-state index is 12.2. The molecule has 0 radical (unpaired) electrons. The van der Waals surface area contributed by atoms with Crippen molar-refractivity contribution in [2.24, 2.45) is 0 Å². The van der Waals surface area contributed by atoms with Gasteiger partial charge < -0.3 is 10.2 Å². The molecule has 1 amide bonds. The van der Waals surface area contributed by atoms with Crippen LogP contribution in [0.5, 0.6) is 0 Å². The van der Waals surface area contributed by atoms with Crippen LogP contribution in [0.4, 0.5) is 5.69 Å². The van der Waals surface area contributed by atoms with Crippen LogP contribution in [0.2, 0.25) is 5.02 Å². The van der Waals surface area contributed by atoms with Crippen molar-refractivity contribution in [1.82, 2.24) is 4.90 Å². The summed E-state index contributed by atoms with van der Waals surface area (Å²) >= 11 is 9.28. The van der Waals surface area contributed by atoms with Crippen molar-refractivity contribution in [1.29, 1.82) is 0 Å². The molecule has 0 heterocycles. The highest BCUT2D eigenvalue weighted by Crippen LogP contribution is 2.20. The number of carbonyl (C=O) groups excluding carboxylic acids is 1. The smallest absolute Gasteiger partial charge is 0.255 e. The highest BCUT2D eigenvalue weighted by Gasteiger charge is 2.08.